The Hall–Kier alpha value is -3.12. The van der Waals surface area contributed by atoms with E-state index in [1.807, 2.05) is 13.0 Å². The van der Waals surface area contributed by atoms with E-state index in [4.69, 9.17) is 17.2 Å². The molecule has 4 heterocycles. The first-order valence-corrected chi connectivity index (χ1v) is 13.2. The monoisotopic (exact) mass is 539 g/mol. The molecule has 11 heteroatoms. The average molecular weight is 540 g/mol. The molecule has 2 aromatic heterocycles. The quantitative estimate of drug-likeness (QED) is 0.378. The molecule has 0 bridgehead atoms. The second-order valence-electron chi connectivity index (χ2n) is 8.99. The Bertz CT molecular complexity index is 1450. The molecule has 2 fully saturated rings. The number of benzene rings is 1. The van der Waals surface area contributed by atoms with E-state index in [-0.39, 0.29) is 30.4 Å². The molecular weight excluding hydrogens is 513 g/mol. The Morgan fingerprint density at radius 2 is 1.86 bits per heavy atom. The predicted octanol–water partition coefficient (Wildman–Crippen LogP) is 2.66. The Morgan fingerprint density at radius 1 is 1.14 bits per heavy atom. The summed E-state index contributed by atoms with van der Waals surface area (Å²) in [5.74, 6) is -0.114. The van der Waals surface area contributed by atoms with Gasteiger partial charge in [-0.1, -0.05) is 42.2 Å². The molecule has 0 radical (unpaired) electrons. The van der Waals surface area contributed by atoms with Gasteiger partial charge < -0.3 is 10.0 Å². The Labute approximate surface area is 223 Å². The standard InChI is InChI=1S/C26H26FN5O3S2/c1-17-3-2-8-31-22(17)28-23(30-11-9-29(10-12-30)13-14-33)20(24(31)34)15-21-25(35)32(26(36)37-21)16-18-4-6-19(27)7-5-18/h2-8,15,33H,9-14,16H2,1H3. The summed E-state index contributed by atoms with van der Waals surface area (Å²) in [6.45, 7) is 5.57. The molecular formula is C26H26FN5O3S2. The third-order valence-corrected chi connectivity index (χ3v) is 7.93. The molecule has 2 aliphatic rings. The molecule has 192 valence electrons. The minimum absolute atomic E-state index is 0.0970. The van der Waals surface area contributed by atoms with Gasteiger partial charge in [0.05, 0.1) is 23.6 Å². The maximum atomic E-state index is 13.7. The number of halogens is 1. The second kappa shape index (κ2) is 10.7. The van der Waals surface area contributed by atoms with Crippen LogP contribution in [0.25, 0.3) is 11.7 Å². The highest BCUT2D eigenvalue weighted by molar-refractivity contribution is 8.26. The molecule has 1 aromatic carbocycles. The summed E-state index contributed by atoms with van der Waals surface area (Å²) in [5, 5.41) is 9.28. The number of thiocarbonyl (C=S) groups is 1. The lowest BCUT2D eigenvalue weighted by atomic mass is 10.2. The molecule has 2 aliphatic heterocycles. The van der Waals surface area contributed by atoms with E-state index in [0.717, 1.165) is 36.0 Å². The molecule has 1 amide bonds. The summed E-state index contributed by atoms with van der Waals surface area (Å²) in [5.41, 5.74) is 2.27. The van der Waals surface area contributed by atoms with Crippen molar-refractivity contribution in [2.75, 3.05) is 44.2 Å². The number of hydrogen-bond acceptors (Lipinski definition) is 8. The molecule has 1 N–H and O–H groups in total. The summed E-state index contributed by atoms with van der Waals surface area (Å²) >= 11 is 6.62. The van der Waals surface area contributed by atoms with Crippen LogP contribution in [0.15, 0.2) is 52.3 Å². The number of aliphatic hydroxyl groups is 1. The average Bonchev–Trinajstić information content (AvgIpc) is 3.15. The van der Waals surface area contributed by atoms with Gasteiger partial charge in [-0.2, -0.15) is 0 Å². The lowest BCUT2D eigenvalue weighted by molar-refractivity contribution is -0.122. The maximum Gasteiger partial charge on any atom is 0.267 e. The molecule has 0 unspecified atom stereocenters. The summed E-state index contributed by atoms with van der Waals surface area (Å²) < 4.78 is 15.2. The van der Waals surface area contributed by atoms with Gasteiger partial charge in [-0.3, -0.25) is 23.8 Å². The number of piperazine rings is 1. The van der Waals surface area contributed by atoms with Gasteiger partial charge >= 0.3 is 0 Å². The van der Waals surface area contributed by atoms with Crippen molar-refractivity contribution < 1.29 is 14.3 Å². The molecule has 8 nitrogen and oxygen atoms in total. The van der Waals surface area contributed by atoms with Gasteiger partial charge in [-0.15, -0.1) is 0 Å². The lowest BCUT2D eigenvalue weighted by Gasteiger charge is -2.35. The van der Waals surface area contributed by atoms with Crippen LogP contribution in [0, 0.1) is 12.7 Å². The van der Waals surface area contributed by atoms with E-state index >= 15 is 0 Å². The third-order valence-electron chi connectivity index (χ3n) is 6.56. The highest BCUT2D eigenvalue weighted by Crippen LogP contribution is 2.34. The summed E-state index contributed by atoms with van der Waals surface area (Å²) in [4.78, 5) is 37.9. The Kier molecular flexibility index (Phi) is 7.38. The second-order valence-corrected chi connectivity index (χ2v) is 10.7. The van der Waals surface area contributed by atoms with E-state index in [1.54, 1.807) is 30.5 Å². The van der Waals surface area contributed by atoms with Gasteiger partial charge in [0.1, 0.15) is 21.6 Å². The van der Waals surface area contributed by atoms with Gasteiger partial charge in [0.15, 0.2) is 0 Å². The van der Waals surface area contributed by atoms with Crippen molar-refractivity contribution in [3.63, 3.8) is 0 Å². The minimum Gasteiger partial charge on any atom is -0.395 e. The number of fused-ring (bicyclic) bond motifs is 1. The molecule has 0 saturated carbocycles. The maximum absolute atomic E-state index is 13.7. The lowest BCUT2D eigenvalue weighted by Crippen LogP contribution is -2.48. The zero-order valence-electron chi connectivity index (χ0n) is 20.3. The first-order chi connectivity index (χ1) is 17.9. The van der Waals surface area contributed by atoms with Gasteiger partial charge in [-0.25, -0.2) is 9.37 Å². The minimum atomic E-state index is -0.349. The summed E-state index contributed by atoms with van der Waals surface area (Å²) in [7, 11) is 0. The van der Waals surface area contributed by atoms with E-state index < -0.39 is 0 Å². The van der Waals surface area contributed by atoms with E-state index in [0.29, 0.717) is 45.9 Å². The predicted molar refractivity (Wildman–Crippen MR) is 147 cm³/mol. The zero-order valence-corrected chi connectivity index (χ0v) is 21.9. The van der Waals surface area contributed by atoms with Gasteiger partial charge in [0.25, 0.3) is 11.5 Å². The van der Waals surface area contributed by atoms with Gasteiger partial charge in [-0.05, 0) is 42.3 Å². The number of aryl methyl sites for hydroxylation is 1. The number of pyridine rings is 1. The van der Waals surface area contributed by atoms with Crippen LogP contribution in [0.3, 0.4) is 0 Å². The zero-order chi connectivity index (χ0) is 26.1. The molecule has 5 rings (SSSR count). The normalized spacial score (nSPS) is 18.0. The highest BCUT2D eigenvalue weighted by atomic mass is 32.2. The number of β-amino-alcohol motifs (C(OH)–C–C–N with tert-alkyl or cyclic N) is 1. The number of aromatic nitrogens is 2. The first-order valence-electron chi connectivity index (χ1n) is 12.0. The summed E-state index contributed by atoms with van der Waals surface area (Å²) in [6.07, 6.45) is 3.28. The number of amides is 1. The molecule has 0 spiro atoms. The van der Waals surface area contributed by atoms with Crippen LogP contribution in [0.4, 0.5) is 10.2 Å². The van der Waals surface area contributed by atoms with Crippen LogP contribution < -0.4 is 10.5 Å². The topological polar surface area (TPSA) is 81.4 Å². The van der Waals surface area contributed by atoms with E-state index in [9.17, 15) is 19.1 Å². The number of rotatable bonds is 6. The fourth-order valence-corrected chi connectivity index (χ4v) is 5.77. The van der Waals surface area contributed by atoms with Gasteiger partial charge in [0.2, 0.25) is 0 Å². The van der Waals surface area contributed by atoms with Crippen molar-refractivity contribution in [2.45, 2.75) is 13.5 Å². The van der Waals surface area contributed by atoms with Crippen molar-refractivity contribution >= 4 is 51.7 Å². The van der Waals surface area contributed by atoms with Crippen molar-refractivity contribution in [1.82, 2.24) is 19.2 Å². The van der Waals surface area contributed by atoms with Crippen molar-refractivity contribution in [3.05, 3.63) is 80.4 Å². The Morgan fingerprint density at radius 3 is 2.57 bits per heavy atom. The van der Waals surface area contributed by atoms with Crippen molar-refractivity contribution in [1.29, 1.82) is 0 Å². The number of thioether (sulfide) groups is 1. The van der Waals surface area contributed by atoms with E-state index in [1.165, 1.54) is 21.4 Å². The number of anilines is 1. The number of aliphatic hydroxyl groups excluding tert-OH is 1. The fourth-order valence-electron chi connectivity index (χ4n) is 4.53. The number of carbonyl (C=O) groups excluding carboxylic acids is 1. The smallest absolute Gasteiger partial charge is 0.267 e. The molecule has 2 saturated heterocycles. The number of hydrogen-bond donors (Lipinski definition) is 1. The van der Waals surface area contributed by atoms with Gasteiger partial charge in [0, 0.05) is 38.9 Å². The van der Waals surface area contributed by atoms with Crippen LogP contribution in [0.2, 0.25) is 0 Å². The molecule has 0 atom stereocenters. The molecule has 0 aliphatic carbocycles. The van der Waals surface area contributed by atoms with Crippen LogP contribution in [-0.4, -0.2) is 73.8 Å². The number of nitrogens with zero attached hydrogens (tertiary/aromatic N) is 5. The van der Waals surface area contributed by atoms with Crippen molar-refractivity contribution in [2.24, 2.45) is 0 Å². The highest BCUT2D eigenvalue weighted by Gasteiger charge is 2.33. The Balaban J connectivity index is 1.52. The fraction of sp³-hybridized carbons (Fsp3) is 0.308. The largest absolute Gasteiger partial charge is 0.395 e. The SMILES string of the molecule is Cc1cccn2c(=O)c(C=C3SC(=S)N(Cc4ccc(F)cc4)C3=O)c(N3CCN(CCO)CC3)nc12. The van der Waals surface area contributed by atoms with Crippen molar-refractivity contribution in [3.8, 4) is 0 Å². The third kappa shape index (κ3) is 5.17. The summed E-state index contributed by atoms with van der Waals surface area (Å²) in [6, 6.07) is 9.63. The first kappa shape index (κ1) is 25.5. The van der Waals surface area contributed by atoms with Crippen LogP contribution in [0.5, 0.6) is 0 Å². The van der Waals surface area contributed by atoms with Crippen LogP contribution in [-0.2, 0) is 11.3 Å². The molecule has 37 heavy (non-hydrogen) atoms. The van der Waals surface area contributed by atoms with Crippen LogP contribution >= 0.6 is 24.0 Å². The van der Waals surface area contributed by atoms with Crippen LogP contribution in [0.1, 0.15) is 16.7 Å². The van der Waals surface area contributed by atoms with E-state index in [2.05, 4.69) is 9.80 Å². The number of carbonyl (C=O) groups is 1. The molecule has 3 aromatic rings.